The lowest BCUT2D eigenvalue weighted by Crippen LogP contribution is -2.27. The lowest BCUT2D eigenvalue weighted by atomic mass is 10.1. The third kappa shape index (κ3) is 3.69. The number of ether oxygens (including phenoxy) is 1. The fraction of sp³-hybridized carbons (Fsp3) is 0.312. The molecule has 1 atom stereocenters. The zero-order chi connectivity index (χ0) is 15.4. The molecule has 0 spiro atoms. The molecule has 108 valence electrons. The molecule has 1 fully saturated rings. The Labute approximate surface area is 123 Å². The van der Waals surface area contributed by atoms with Gasteiger partial charge in [0.2, 0.25) is 0 Å². The van der Waals surface area contributed by atoms with E-state index in [4.69, 9.17) is 10.00 Å². The van der Waals surface area contributed by atoms with Crippen LogP contribution in [0.5, 0.6) is 0 Å². The van der Waals surface area contributed by atoms with Crippen LogP contribution in [0.2, 0.25) is 0 Å². The van der Waals surface area contributed by atoms with Crippen LogP contribution in [0.4, 0.5) is 0 Å². The van der Waals surface area contributed by atoms with E-state index in [1.165, 1.54) is 6.08 Å². The van der Waals surface area contributed by atoms with Crippen LogP contribution >= 0.6 is 0 Å². The molecule has 0 radical (unpaired) electrons. The number of nitriles is 1. The second-order valence-electron chi connectivity index (χ2n) is 5.23. The number of carbonyl (C=O) groups excluding carboxylic acids is 2. The zero-order valence-electron chi connectivity index (χ0n) is 11.9. The Morgan fingerprint density at radius 2 is 2.10 bits per heavy atom. The van der Waals surface area contributed by atoms with Crippen LogP contribution in [-0.4, -0.2) is 17.8 Å². The predicted molar refractivity (Wildman–Crippen MR) is 75.8 cm³/mol. The number of carbonyl (C=O) groups is 2. The summed E-state index contributed by atoms with van der Waals surface area (Å²) < 4.78 is 5.42. The average molecular weight is 284 g/mol. The van der Waals surface area contributed by atoms with Gasteiger partial charge in [-0.05, 0) is 23.6 Å². The molecular weight excluding hydrogens is 268 g/mol. The number of ketones is 1. The Hall–Kier alpha value is -2.61. The lowest BCUT2D eigenvalue weighted by Gasteiger charge is -2.10. The van der Waals surface area contributed by atoms with Crippen molar-refractivity contribution in [3.8, 4) is 6.07 Å². The summed E-state index contributed by atoms with van der Waals surface area (Å²) in [5.74, 6) is -0.135. The maximum absolute atomic E-state index is 11.9. The molecule has 1 aliphatic rings. The summed E-state index contributed by atoms with van der Waals surface area (Å²) in [5.41, 5.74) is 1.36. The van der Waals surface area contributed by atoms with Crippen molar-refractivity contribution in [2.45, 2.75) is 26.4 Å². The van der Waals surface area contributed by atoms with E-state index in [-0.39, 0.29) is 29.9 Å². The van der Waals surface area contributed by atoms with Gasteiger partial charge < -0.3 is 4.74 Å². The van der Waals surface area contributed by atoms with Crippen LogP contribution in [-0.2, 0) is 20.7 Å². The molecule has 0 aliphatic carbocycles. The summed E-state index contributed by atoms with van der Waals surface area (Å²) in [6, 6.07) is 8.82. The minimum Gasteiger partial charge on any atom is -0.465 e. The molecule has 5 nitrogen and oxygen atoms in total. The number of nitrogens with zero attached hydrogens (tertiary/aromatic N) is 1. The minimum absolute atomic E-state index is 0.0459. The van der Waals surface area contributed by atoms with E-state index in [2.05, 4.69) is 5.32 Å². The Balaban J connectivity index is 2.00. The molecular formula is C16H16N2O3. The van der Waals surface area contributed by atoms with Crippen molar-refractivity contribution in [1.82, 2.24) is 5.32 Å². The van der Waals surface area contributed by atoms with Gasteiger partial charge in [0, 0.05) is 12.5 Å². The quantitative estimate of drug-likeness (QED) is 0.853. The number of nitrogens with one attached hydrogen (secondary N) is 1. The molecule has 1 N–H and O–H groups in total. The molecule has 1 saturated heterocycles. The fourth-order valence-electron chi connectivity index (χ4n) is 2.02. The number of allylic oxidation sites excluding steroid dienone is 1. The van der Waals surface area contributed by atoms with Gasteiger partial charge in [0.25, 0.3) is 5.91 Å². The second-order valence-corrected chi connectivity index (χ2v) is 5.23. The normalized spacial score (nSPS) is 19.2. The van der Waals surface area contributed by atoms with Gasteiger partial charge in [0.05, 0.1) is 11.6 Å². The molecule has 1 heterocycles. The van der Waals surface area contributed by atoms with E-state index >= 15 is 0 Å². The third-order valence-electron chi connectivity index (χ3n) is 3.12. The van der Waals surface area contributed by atoms with Crippen molar-refractivity contribution < 1.29 is 14.3 Å². The van der Waals surface area contributed by atoms with E-state index in [0.29, 0.717) is 5.56 Å². The molecule has 0 aromatic heterocycles. The molecule has 1 aromatic rings. The molecule has 1 aromatic carbocycles. The molecule has 1 aliphatic heterocycles. The SMILES string of the molecule is CC(C)[C@@H]1O/C(=C/C(=O)Cc2ccc(C#N)cc2)NC1=O. The molecule has 1 amide bonds. The predicted octanol–water partition coefficient (Wildman–Crippen LogP) is 1.68. The molecule has 5 heteroatoms. The smallest absolute Gasteiger partial charge is 0.268 e. The van der Waals surface area contributed by atoms with Crippen LogP contribution in [0.3, 0.4) is 0 Å². The van der Waals surface area contributed by atoms with Crippen LogP contribution in [0.1, 0.15) is 25.0 Å². The topological polar surface area (TPSA) is 79.2 Å². The largest absolute Gasteiger partial charge is 0.465 e. The molecule has 2 rings (SSSR count). The van der Waals surface area contributed by atoms with Crippen LogP contribution < -0.4 is 5.32 Å². The van der Waals surface area contributed by atoms with Gasteiger partial charge in [-0.3, -0.25) is 14.9 Å². The summed E-state index contributed by atoms with van der Waals surface area (Å²) in [6.07, 6.45) is 0.957. The summed E-state index contributed by atoms with van der Waals surface area (Å²) in [4.78, 5) is 23.6. The van der Waals surface area contributed by atoms with Gasteiger partial charge in [0.15, 0.2) is 17.8 Å². The number of hydrogen-bond donors (Lipinski definition) is 1. The van der Waals surface area contributed by atoms with Gasteiger partial charge in [-0.2, -0.15) is 5.26 Å². The van der Waals surface area contributed by atoms with Gasteiger partial charge in [-0.15, -0.1) is 0 Å². The molecule has 21 heavy (non-hydrogen) atoms. The summed E-state index contributed by atoms with van der Waals surface area (Å²) in [5, 5.41) is 11.3. The molecule has 0 unspecified atom stereocenters. The summed E-state index contributed by atoms with van der Waals surface area (Å²) in [7, 11) is 0. The van der Waals surface area contributed by atoms with Gasteiger partial charge >= 0.3 is 0 Å². The van der Waals surface area contributed by atoms with Crippen molar-refractivity contribution in [3.05, 3.63) is 47.4 Å². The Morgan fingerprint density at radius 1 is 1.43 bits per heavy atom. The first-order valence-electron chi connectivity index (χ1n) is 6.70. The van der Waals surface area contributed by atoms with Crippen LogP contribution in [0.15, 0.2) is 36.2 Å². The van der Waals surface area contributed by atoms with Crippen LogP contribution in [0.25, 0.3) is 0 Å². The maximum Gasteiger partial charge on any atom is 0.268 e. The Bertz CT molecular complexity index is 624. The van der Waals surface area contributed by atoms with E-state index in [1.54, 1.807) is 24.3 Å². The highest BCUT2D eigenvalue weighted by Gasteiger charge is 2.32. The van der Waals surface area contributed by atoms with Crippen molar-refractivity contribution in [3.63, 3.8) is 0 Å². The van der Waals surface area contributed by atoms with Crippen molar-refractivity contribution >= 4 is 11.7 Å². The highest BCUT2D eigenvalue weighted by Crippen LogP contribution is 2.17. The summed E-state index contributed by atoms with van der Waals surface area (Å²) >= 11 is 0. The van der Waals surface area contributed by atoms with E-state index in [0.717, 1.165) is 5.56 Å². The van der Waals surface area contributed by atoms with E-state index in [9.17, 15) is 9.59 Å². The molecule has 0 bridgehead atoms. The number of benzene rings is 1. The first kappa shape index (κ1) is 14.8. The minimum atomic E-state index is -0.543. The molecule has 0 saturated carbocycles. The third-order valence-corrected chi connectivity index (χ3v) is 3.12. The van der Waals surface area contributed by atoms with E-state index in [1.807, 2.05) is 19.9 Å². The highest BCUT2D eigenvalue weighted by atomic mass is 16.5. The summed E-state index contributed by atoms with van der Waals surface area (Å²) in [6.45, 7) is 3.76. The van der Waals surface area contributed by atoms with Crippen molar-refractivity contribution in [1.29, 1.82) is 5.26 Å². The fourth-order valence-corrected chi connectivity index (χ4v) is 2.02. The second kappa shape index (κ2) is 6.23. The van der Waals surface area contributed by atoms with E-state index < -0.39 is 6.10 Å². The average Bonchev–Trinajstić information content (AvgIpc) is 2.80. The number of amides is 1. The number of hydrogen-bond acceptors (Lipinski definition) is 4. The van der Waals surface area contributed by atoms with Gasteiger partial charge in [-0.25, -0.2) is 0 Å². The van der Waals surface area contributed by atoms with Crippen molar-refractivity contribution in [2.75, 3.05) is 0 Å². The highest BCUT2D eigenvalue weighted by molar-refractivity contribution is 5.93. The van der Waals surface area contributed by atoms with Crippen LogP contribution in [0, 0.1) is 17.2 Å². The maximum atomic E-state index is 11.9. The Kier molecular flexibility index (Phi) is 4.39. The Morgan fingerprint density at radius 3 is 2.62 bits per heavy atom. The van der Waals surface area contributed by atoms with Gasteiger partial charge in [-0.1, -0.05) is 26.0 Å². The van der Waals surface area contributed by atoms with Crippen molar-refractivity contribution in [2.24, 2.45) is 5.92 Å². The standard InChI is InChI=1S/C16H16N2O3/c1-10(2)15-16(20)18-14(21-15)8-13(19)7-11-3-5-12(9-17)6-4-11/h3-6,8,10,15H,7H2,1-2H3,(H,18,20)/b14-8+/t15-/m0/s1. The van der Waals surface area contributed by atoms with Gasteiger partial charge in [0.1, 0.15) is 0 Å². The number of rotatable bonds is 4. The monoisotopic (exact) mass is 284 g/mol. The lowest BCUT2D eigenvalue weighted by molar-refractivity contribution is -0.125. The first-order valence-corrected chi connectivity index (χ1v) is 6.70. The zero-order valence-corrected chi connectivity index (χ0v) is 11.9. The first-order chi connectivity index (χ1) is 9.99.